The number of rotatable bonds is 9. The molecule has 3 aromatic carbocycles. The van der Waals surface area contributed by atoms with Crippen molar-refractivity contribution in [3.8, 4) is 16.9 Å². The zero-order valence-electron chi connectivity index (χ0n) is 23.3. The Morgan fingerprint density at radius 1 is 1.02 bits per heavy atom. The lowest BCUT2D eigenvalue weighted by atomic mass is 9.93. The number of benzene rings is 3. The molecule has 6 rings (SSSR count). The van der Waals surface area contributed by atoms with E-state index in [1.807, 2.05) is 47.3 Å². The minimum absolute atomic E-state index is 0.0361. The molecule has 5 aromatic rings. The van der Waals surface area contributed by atoms with Gasteiger partial charge in [0.25, 0.3) is 0 Å². The molecule has 0 radical (unpaired) electrons. The van der Waals surface area contributed by atoms with E-state index in [1.54, 1.807) is 24.3 Å². The summed E-state index contributed by atoms with van der Waals surface area (Å²) in [5, 5.41) is 17.4. The third-order valence-corrected chi connectivity index (χ3v) is 7.88. The number of carbonyl (C=O) groups is 1. The predicted molar refractivity (Wildman–Crippen MR) is 165 cm³/mol. The highest BCUT2D eigenvalue weighted by atomic mass is 35.5. The Bertz CT molecular complexity index is 1750. The molecule has 0 saturated heterocycles. The number of fused-ring (bicyclic) bond motifs is 1. The van der Waals surface area contributed by atoms with Crippen molar-refractivity contribution >= 4 is 39.9 Å². The van der Waals surface area contributed by atoms with E-state index >= 15 is 0 Å². The van der Waals surface area contributed by atoms with Crippen LogP contribution in [0.25, 0.3) is 22.0 Å². The van der Waals surface area contributed by atoms with Crippen molar-refractivity contribution in [2.75, 3.05) is 5.32 Å². The van der Waals surface area contributed by atoms with Crippen LogP contribution in [0.4, 0.5) is 15.9 Å². The highest BCUT2D eigenvalue weighted by molar-refractivity contribution is 6.32. The number of aliphatic hydroxyl groups is 1. The SMILES string of the molecule is O=C(Cn1ccc(-c2ccc3ncnc(Nc4ccc(OCc5cccc(F)c5)c(Cl)c4)c3c2)c1)NC1CCC(O)CC1. The lowest BCUT2D eigenvalue weighted by molar-refractivity contribution is -0.122. The second kappa shape index (κ2) is 12.8. The van der Waals surface area contributed by atoms with Crippen molar-refractivity contribution in [1.82, 2.24) is 19.9 Å². The number of aliphatic hydroxyl groups excluding tert-OH is 1. The summed E-state index contributed by atoms with van der Waals surface area (Å²) in [7, 11) is 0. The molecule has 220 valence electrons. The molecule has 1 aliphatic carbocycles. The third kappa shape index (κ3) is 7.13. The van der Waals surface area contributed by atoms with Crippen LogP contribution in [-0.4, -0.2) is 37.7 Å². The van der Waals surface area contributed by atoms with Crippen molar-refractivity contribution in [1.29, 1.82) is 0 Å². The molecule has 0 unspecified atom stereocenters. The van der Waals surface area contributed by atoms with E-state index in [2.05, 4.69) is 20.6 Å². The summed E-state index contributed by atoms with van der Waals surface area (Å²) in [6.07, 6.45) is 8.16. The molecule has 1 fully saturated rings. The van der Waals surface area contributed by atoms with Gasteiger partial charge in [-0.05, 0) is 90.9 Å². The minimum Gasteiger partial charge on any atom is -0.487 e. The average molecular weight is 600 g/mol. The number of nitrogens with zero attached hydrogens (tertiary/aromatic N) is 3. The molecule has 10 heteroatoms. The molecule has 2 heterocycles. The number of amides is 1. The molecule has 0 atom stereocenters. The standard InChI is InChI=1S/C33H31ClFN5O3/c34-29-16-26(7-11-31(29)43-19-21-2-1-3-24(35)14-21)39-33-28-15-22(4-10-30(28)36-20-37-33)23-12-13-40(17-23)18-32(42)38-25-5-8-27(41)9-6-25/h1-4,7,10-17,20,25,27,41H,5-6,8-9,18-19H2,(H,38,42)(H,36,37,39). The Morgan fingerprint density at radius 2 is 1.88 bits per heavy atom. The zero-order chi connectivity index (χ0) is 29.8. The molecule has 1 saturated carbocycles. The Balaban J connectivity index is 1.14. The maximum atomic E-state index is 13.5. The fourth-order valence-corrected chi connectivity index (χ4v) is 5.56. The second-order valence-electron chi connectivity index (χ2n) is 10.8. The van der Waals surface area contributed by atoms with Gasteiger partial charge in [-0.15, -0.1) is 0 Å². The fraction of sp³-hybridized carbons (Fsp3) is 0.242. The highest BCUT2D eigenvalue weighted by Crippen LogP contribution is 2.32. The van der Waals surface area contributed by atoms with Gasteiger partial charge in [0.1, 0.15) is 36.9 Å². The van der Waals surface area contributed by atoms with Gasteiger partial charge in [-0.2, -0.15) is 0 Å². The normalized spacial score (nSPS) is 16.6. The number of anilines is 2. The summed E-state index contributed by atoms with van der Waals surface area (Å²) in [5.41, 5.74) is 4.14. The van der Waals surface area contributed by atoms with Crippen LogP contribution in [0.15, 0.2) is 85.5 Å². The van der Waals surface area contributed by atoms with Crippen LogP contribution in [0.3, 0.4) is 0 Å². The average Bonchev–Trinajstić information content (AvgIpc) is 3.46. The van der Waals surface area contributed by atoms with E-state index in [1.165, 1.54) is 18.5 Å². The van der Waals surface area contributed by atoms with Gasteiger partial charge < -0.3 is 25.0 Å². The van der Waals surface area contributed by atoms with Crippen LogP contribution >= 0.6 is 11.6 Å². The molecule has 2 aromatic heterocycles. The monoisotopic (exact) mass is 599 g/mol. The van der Waals surface area contributed by atoms with Gasteiger partial charge in [0, 0.05) is 29.5 Å². The summed E-state index contributed by atoms with van der Waals surface area (Å²) in [6, 6.07) is 19.6. The first-order chi connectivity index (χ1) is 20.9. The number of carbonyl (C=O) groups excluding carboxylic acids is 1. The number of hydrogen-bond donors (Lipinski definition) is 3. The molecule has 8 nitrogen and oxygen atoms in total. The summed E-state index contributed by atoms with van der Waals surface area (Å²) in [6.45, 7) is 0.423. The van der Waals surface area contributed by atoms with E-state index < -0.39 is 0 Å². The van der Waals surface area contributed by atoms with Gasteiger partial charge in [-0.3, -0.25) is 4.79 Å². The van der Waals surface area contributed by atoms with E-state index in [-0.39, 0.29) is 37.0 Å². The zero-order valence-corrected chi connectivity index (χ0v) is 24.1. The largest absolute Gasteiger partial charge is 0.487 e. The van der Waals surface area contributed by atoms with Crippen LogP contribution < -0.4 is 15.4 Å². The molecule has 0 aliphatic heterocycles. The van der Waals surface area contributed by atoms with E-state index in [9.17, 15) is 14.3 Å². The maximum absolute atomic E-state index is 13.5. The quantitative estimate of drug-likeness (QED) is 0.176. The highest BCUT2D eigenvalue weighted by Gasteiger charge is 2.21. The summed E-state index contributed by atoms with van der Waals surface area (Å²) < 4.78 is 21.1. The van der Waals surface area contributed by atoms with E-state index in [0.717, 1.165) is 53.4 Å². The van der Waals surface area contributed by atoms with Crippen molar-refractivity contribution < 1.29 is 19.0 Å². The maximum Gasteiger partial charge on any atom is 0.240 e. The number of halogens is 2. The number of ether oxygens (including phenoxy) is 1. The predicted octanol–water partition coefficient (Wildman–Crippen LogP) is 6.63. The van der Waals surface area contributed by atoms with Gasteiger partial charge in [0.2, 0.25) is 5.91 Å². The Morgan fingerprint density at radius 3 is 2.70 bits per heavy atom. The molecule has 43 heavy (non-hydrogen) atoms. The molecular weight excluding hydrogens is 569 g/mol. The van der Waals surface area contributed by atoms with Crippen LogP contribution in [0.5, 0.6) is 5.75 Å². The topological polar surface area (TPSA) is 101 Å². The van der Waals surface area contributed by atoms with Crippen molar-refractivity contribution in [2.45, 2.75) is 51.0 Å². The summed E-state index contributed by atoms with van der Waals surface area (Å²) in [4.78, 5) is 21.5. The molecular formula is C33H31ClFN5O3. The van der Waals surface area contributed by atoms with Gasteiger partial charge >= 0.3 is 0 Å². The van der Waals surface area contributed by atoms with Gasteiger partial charge in [-0.25, -0.2) is 14.4 Å². The molecule has 1 aliphatic rings. The molecule has 0 spiro atoms. The molecule has 1 amide bonds. The molecule has 3 N–H and O–H groups in total. The second-order valence-corrected chi connectivity index (χ2v) is 11.2. The minimum atomic E-state index is -0.315. The van der Waals surface area contributed by atoms with Gasteiger partial charge in [0.15, 0.2) is 0 Å². The Labute approximate surface area is 253 Å². The first-order valence-electron chi connectivity index (χ1n) is 14.2. The first kappa shape index (κ1) is 28.6. The van der Waals surface area contributed by atoms with E-state index in [4.69, 9.17) is 16.3 Å². The third-order valence-electron chi connectivity index (χ3n) is 7.59. The number of hydrogen-bond acceptors (Lipinski definition) is 6. The Hall–Kier alpha value is -4.47. The van der Waals surface area contributed by atoms with Gasteiger partial charge in [0.05, 0.1) is 16.6 Å². The number of aromatic nitrogens is 3. The lowest BCUT2D eigenvalue weighted by Crippen LogP contribution is -2.40. The van der Waals surface area contributed by atoms with Crippen LogP contribution in [0.2, 0.25) is 5.02 Å². The van der Waals surface area contributed by atoms with Crippen molar-refractivity contribution in [3.63, 3.8) is 0 Å². The molecule has 0 bridgehead atoms. The van der Waals surface area contributed by atoms with Gasteiger partial charge in [-0.1, -0.05) is 29.8 Å². The van der Waals surface area contributed by atoms with Crippen LogP contribution in [-0.2, 0) is 17.9 Å². The number of nitrogens with one attached hydrogen (secondary N) is 2. The summed E-state index contributed by atoms with van der Waals surface area (Å²) in [5.74, 6) is 0.755. The van der Waals surface area contributed by atoms with Crippen LogP contribution in [0.1, 0.15) is 31.2 Å². The van der Waals surface area contributed by atoms with Crippen LogP contribution in [0, 0.1) is 5.82 Å². The summed E-state index contributed by atoms with van der Waals surface area (Å²) >= 11 is 6.50. The van der Waals surface area contributed by atoms with Crippen molar-refractivity contribution in [2.24, 2.45) is 0 Å². The van der Waals surface area contributed by atoms with E-state index in [0.29, 0.717) is 22.2 Å². The fourth-order valence-electron chi connectivity index (χ4n) is 5.33. The first-order valence-corrected chi connectivity index (χ1v) is 14.6. The lowest BCUT2D eigenvalue weighted by Gasteiger charge is -2.26. The smallest absolute Gasteiger partial charge is 0.240 e. The Kier molecular flexibility index (Phi) is 8.53. The van der Waals surface area contributed by atoms with Crippen molar-refractivity contribution in [3.05, 3.63) is 102 Å².